The van der Waals surface area contributed by atoms with Crippen molar-refractivity contribution in [2.75, 3.05) is 13.7 Å². The van der Waals surface area contributed by atoms with Crippen LogP contribution >= 0.6 is 11.6 Å². The van der Waals surface area contributed by atoms with Gasteiger partial charge >= 0.3 is 5.97 Å². The van der Waals surface area contributed by atoms with E-state index in [0.29, 0.717) is 17.1 Å². The minimum absolute atomic E-state index is 0.257. The number of primary amides is 1. The minimum atomic E-state index is -0.407. The first-order valence-electron chi connectivity index (χ1n) is 6.43. The lowest BCUT2D eigenvalue weighted by atomic mass is 10.1. The Hall–Kier alpha value is -1.59. The SMILES string of the molecule is COC(=O)c1ccc(Cl)c(CN2CCC[C@H]2C(N)=O)c1. The van der Waals surface area contributed by atoms with E-state index < -0.39 is 5.97 Å². The van der Waals surface area contributed by atoms with E-state index in [4.69, 9.17) is 22.1 Å². The summed E-state index contributed by atoms with van der Waals surface area (Å²) in [7, 11) is 1.33. The van der Waals surface area contributed by atoms with Crippen LogP contribution in [0.15, 0.2) is 18.2 Å². The van der Waals surface area contributed by atoms with Crippen LogP contribution in [-0.4, -0.2) is 36.5 Å². The lowest BCUT2D eigenvalue weighted by Gasteiger charge is -2.22. The smallest absolute Gasteiger partial charge is 0.337 e. The van der Waals surface area contributed by atoms with Gasteiger partial charge in [0.15, 0.2) is 0 Å². The molecule has 1 saturated heterocycles. The van der Waals surface area contributed by atoms with E-state index in [-0.39, 0.29) is 11.9 Å². The highest BCUT2D eigenvalue weighted by molar-refractivity contribution is 6.31. The molecule has 1 aromatic carbocycles. The molecule has 1 atom stereocenters. The maximum Gasteiger partial charge on any atom is 0.337 e. The number of nitrogens with two attached hydrogens (primary N) is 1. The standard InChI is InChI=1S/C14H17ClN2O3/c1-20-14(19)9-4-5-11(15)10(7-9)8-17-6-2-3-12(17)13(16)18/h4-5,7,12H,2-3,6,8H2,1H3,(H2,16,18)/t12-/m0/s1. The predicted octanol–water partition coefficient (Wildman–Crippen LogP) is 1.58. The van der Waals surface area contributed by atoms with E-state index in [1.807, 2.05) is 4.90 Å². The van der Waals surface area contributed by atoms with Crippen LogP contribution in [0, 0.1) is 0 Å². The highest BCUT2D eigenvalue weighted by Crippen LogP contribution is 2.24. The van der Waals surface area contributed by atoms with Gasteiger partial charge in [-0.25, -0.2) is 4.79 Å². The van der Waals surface area contributed by atoms with E-state index in [9.17, 15) is 9.59 Å². The third-order valence-electron chi connectivity index (χ3n) is 3.53. The van der Waals surface area contributed by atoms with Crippen LogP contribution in [-0.2, 0) is 16.1 Å². The Balaban J connectivity index is 2.20. The second-order valence-electron chi connectivity index (χ2n) is 4.83. The summed E-state index contributed by atoms with van der Waals surface area (Å²) in [6.07, 6.45) is 1.70. The predicted molar refractivity (Wildman–Crippen MR) is 75.4 cm³/mol. The molecule has 0 spiro atoms. The fourth-order valence-electron chi connectivity index (χ4n) is 2.50. The van der Waals surface area contributed by atoms with Crippen LogP contribution in [0.4, 0.5) is 0 Å². The Morgan fingerprint density at radius 3 is 2.90 bits per heavy atom. The van der Waals surface area contributed by atoms with E-state index in [2.05, 4.69) is 0 Å². The molecule has 108 valence electrons. The Kier molecular flexibility index (Phi) is 4.62. The van der Waals surface area contributed by atoms with Crippen LogP contribution < -0.4 is 5.73 Å². The zero-order chi connectivity index (χ0) is 14.7. The second-order valence-corrected chi connectivity index (χ2v) is 5.24. The number of amides is 1. The molecule has 1 aromatic rings. The summed E-state index contributed by atoms with van der Waals surface area (Å²) >= 11 is 6.15. The number of halogens is 1. The molecule has 6 heteroatoms. The summed E-state index contributed by atoms with van der Waals surface area (Å²) in [6, 6.07) is 4.73. The zero-order valence-corrected chi connectivity index (χ0v) is 12.0. The van der Waals surface area contributed by atoms with Crippen molar-refractivity contribution in [3.05, 3.63) is 34.3 Å². The van der Waals surface area contributed by atoms with Crippen molar-refractivity contribution in [2.24, 2.45) is 5.73 Å². The number of carbonyl (C=O) groups is 2. The van der Waals surface area contributed by atoms with Crippen molar-refractivity contribution in [2.45, 2.75) is 25.4 Å². The number of carbonyl (C=O) groups excluding carboxylic acids is 2. The number of hydrogen-bond donors (Lipinski definition) is 1. The zero-order valence-electron chi connectivity index (χ0n) is 11.3. The molecular formula is C14H17ClN2O3. The maximum atomic E-state index is 11.5. The number of benzene rings is 1. The van der Waals surface area contributed by atoms with Crippen molar-refractivity contribution in [1.29, 1.82) is 0 Å². The van der Waals surface area contributed by atoms with Crippen molar-refractivity contribution in [3.8, 4) is 0 Å². The number of hydrogen-bond acceptors (Lipinski definition) is 4. The van der Waals surface area contributed by atoms with Crippen LogP contribution in [0.25, 0.3) is 0 Å². The van der Waals surface area contributed by atoms with Gasteiger partial charge in [0.25, 0.3) is 0 Å². The molecule has 0 unspecified atom stereocenters. The molecule has 1 amide bonds. The maximum absolute atomic E-state index is 11.5. The van der Waals surface area contributed by atoms with Gasteiger partial charge in [0.1, 0.15) is 0 Å². The van der Waals surface area contributed by atoms with E-state index in [1.165, 1.54) is 7.11 Å². The van der Waals surface area contributed by atoms with E-state index in [1.54, 1.807) is 18.2 Å². The summed E-state index contributed by atoms with van der Waals surface area (Å²) in [5.41, 5.74) is 6.63. The third kappa shape index (κ3) is 3.11. The molecule has 1 heterocycles. The normalized spacial score (nSPS) is 19.0. The van der Waals surface area contributed by atoms with E-state index >= 15 is 0 Å². The first kappa shape index (κ1) is 14.8. The number of methoxy groups -OCH3 is 1. The van der Waals surface area contributed by atoms with Crippen molar-refractivity contribution in [3.63, 3.8) is 0 Å². The summed E-state index contributed by atoms with van der Waals surface area (Å²) in [5, 5.41) is 0.563. The molecule has 0 aromatic heterocycles. The van der Waals surface area contributed by atoms with Gasteiger partial charge in [-0.1, -0.05) is 11.6 Å². The summed E-state index contributed by atoms with van der Waals surface area (Å²) < 4.78 is 4.69. The van der Waals surface area contributed by atoms with Gasteiger partial charge in [-0.05, 0) is 43.1 Å². The molecule has 0 saturated carbocycles. The molecule has 1 fully saturated rings. The number of nitrogens with zero attached hydrogens (tertiary/aromatic N) is 1. The number of likely N-dealkylation sites (tertiary alicyclic amines) is 1. The molecule has 2 N–H and O–H groups in total. The number of esters is 1. The lowest BCUT2D eigenvalue weighted by molar-refractivity contribution is -0.122. The molecule has 0 aliphatic carbocycles. The first-order valence-corrected chi connectivity index (χ1v) is 6.81. The molecule has 1 aliphatic heterocycles. The quantitative estimate of drug-likeness (QED) is 0.856. The fourth-order valence-corrected chi connectivity index (χ4v) is 2.67. The largest absolute Gasteiger partial charge is 0.465 e. The Morgan fingerprint density at radius 1 is 1.50 bits per heavy atom. The molecule has 1 aliphatic rings. The number of rotatable bonds is 4. The van der Waals surface area contributed by atoms with Crippen LogP contribution in [0.1, 0.15) is 28.8 Å². The molecule has 0 radical (unpaired) electrons. The average molecular weight is 297 g/mol. The van der Waals surface area contributed by atoms with Gasteiger partial charge in [-0.2, -0.15) is 0 Å². The first-order chi connectivity index (χ1) is 9.52. The van der Waals surface area contributed by atoms with Crippen LogP contribution in [0.2, 0.25) is 5.02 Å². The van der Waals surface area contributed by atoms with Gasteiger partial charge in [0.05, 0.1) is 18.7 Å². The van der Waals surface area contributed by atoms with Gasteiger partial charge < -0.3 is 10.5 Å². The van der Waals surface area contributed by atoms with Gasteiger partial charge in [0.2, 0.25) is 5.91 Å². The lowest BCUT2D eigenvalue weighted by Crippen LogP contribution is -2.39. The van der Waals surface area contributed by atoms with Gasteiger partial charge in [0, 0.05) is 11.6 Å². The molecular weight excluding hydrogens is 280 g/mol. The van der Waals surface area contributed by atoms with Crippen molar-refractivity contribution in [1.82, 2.24) is 4.90 Å². The molecule has 5 nitrogen and oxygen atoms in total. The Labute approximate surface area is 122 Å². The topological polar surface area (TPSA) is 72.6 Å². The fraction of sp³-hybridized carbons (Fsp3) is 0.429. The van der Waals surface area contributed by atoms with Crippen LogP contribution in [0.5, 0.6) is 0 Å². The Bertz CT molecular complexity index is 533. The highest BCUT2D eigenvalue weighted by atomic mass is 35.5. The Morgan fingerprint density at radius 2 is 2.25 bits per heavy atom. The molecule has 2 rings (SSSR count). The van der Waals surface area contributed by atoms with Gasteiger partial charge in [-0.15, -0.1) is 0 Å². The van der Waals surface area contributed by atoms with E-state index in [0.717, 1.165) is 24.9 Å². The van der Waals surface area contributed by atoms with Crippen molar-refractivity contribution >= 4 is 23.5 Å². The molecule has 0 bridgehead atoms. The summed E-state index contributed by atoms with van der Waals surface area (Å²) in [6.45, 7) is 1.30. The highest BCUT2D eigenvalue weighted by Gasteiger charge is 2.29. The summed E-state index contributed by atoms with van der Waals surface area (Å²) in [4.78, 5) is 24.9. The third-order valence-corrected chi connectivity index (χ3v) is 3.90. The van der Waals surface area contributed by atoms with Gasteiger partial charge in [-0.3, -0.25) is 9.69 Å². The number of ether oxygens (including phenoxy) is 1. The van der Waals surface area contributed by atoms with Crippen LogP contribution in [0.3, 0.4) is 0 Å². The minimum Gasteiger partial charge on any atom is -0.465 e. The monoisotopic (exact) mass is 296 g/mol. The van der Waals surface area contributed by atoms with Crippen molar-refractivity contribution < 1.29 is 14.3 Å². The second kappa shape index (κ2) is 6.24. The average Bonchev–Trinajstić information content (AvgIpc) is 2.88. The summed E-state index contributed by atoms with van der Waals surface area (Å²) in [5.74, 6) is -0.724. The molecule has 20 heavy (non-hydrogen) atoms.